The largest absolute Gasteiger partial charge is 0.395 e. The van der Waals surface area contributed by atoms with Crippen LogP contribution in [-0.2, 0) is 21.3 Å². The summed E-state index contributed by atoms with van der Waals surface area (Å²) in [4.78, 5) is 2.42. The third-order valence-corrected chi connectivity index (χ3v) is 5.91. The molecule has 0 amide bonds. The number of methoxy groups -OCH3 is 1. The number of ether oxygens (including phenoxy) is 1. The van der Waals surface area contributed by atoms with Gasteiger partial charge in [0.15, 0.2) is 0 Å². The Morgan fingerprint density at radius 1 is 1.41 bits per heavy atom. The Kier molecular flexibility index (Phi) is 5.57. The van der Waals surface area contributed by atoms with Gasteiger partial charge in [0, 0.05) is 40.3 Å². The van der Waals surface area contributed by atoms with E-state index in [4.69, 9.17) is 4.74 Å². The summed E-state index contributed by atoms with van der Waals surface area (Å²) >= 11 is 0. The highest BCUT2D eigenvalue weighted by atomic mass is 32.2. The van der Waals surface area contributed by atoms with E-state index >= 15 is 0 Å². The van der Waals surface area contributed by atoms with E-state index in [1.807, 2.05) is 6.07 Å². The molecular formula is C15H24N2O4S. The minimum absolute atomic E-state index is 0.0547. The van der Waals surface area contributed by atoms with Crippen LogP contribution in [0.5, 0.6) is 0 Å². The van der Waals surface area contributed by atoms with Crippen LogP contribution in [0, 0.1) is 0 Å². The van der Waals surface area contributed by atoms with Gasteiger partial charge in [-0.1, -0.05) is 12.1 Å². The third kappa shape index (κ3) is 3.67. The zero-order chi connectivity index (χ0) is 16.3. The maximum absolute atomic E-state index is 12.2. The van der Waals surface area contributed by atoms with E-state index in [1.165, 1.54) is 18.4 Å². The minimum atomic E-state index is -3.43. The third-order valence-electron chi connectivity index (χ3n) is 4.10. The topological polar surface area (TPSA) is 70.1 Å². The molecule has 1 aromatic carbocycles. The molecule has 0 spiro atoms. The van der Waals surface area contributed by atoms with Crippen LogP contribution in [0.3, 0.4) is 0 Å². The van der Waals surface area contributed by atoms with Gasteiger partial charge in [-0.25, -0.2) is 12.7 Å². The maximum Gasteiger partial charge on any atom is 0.242 e. The number of benzene rings is 1. The number of aliphatic hydroxyl groups is 1. The summed E-state index contributed by atoms with van der Waals surface area (Å²) in [6.07, 6.45) is 0.911. The monoisotopic (exact) mass is 328 g/mol. The Balaban J connectivity index is 2.17. The highest BCUT2D eigenvalue weighted by Gasteiger charge is 2.31. The zero-order valence-corrected chi connectivity index (χ0v) is 14.1. The van der Waals surface area contributed by atoms with Crippen molar-refractivity contribution in [1.29, 1.82) is 0 Å². The fourth-order valence-corrected chi connectivity index (χ4v) is 3.71. The molecule has 0 saturated carbocycles. The van der Waals surface area contributed by atoms with Gasteiger partial charge < -0.3 is 9.84 Å². The molecule has 2 atom stereocenters. The summed E-state index contributed by atoms with van der Waals surface area (Å²) in [5, 5.41) is 9.48. The molecule has 0 aliphatic carbocycles. The van der Waals surface area contributed by atoms with Crippen LogP contribution in [0.2, 0.25) is 0 Å². The van der Waals surface area contributed by atoms with Gasteiger partial charge in [0.25, 0.3) is 0 Å². The van der Waals surface area contributed by atoms with Crippen LogP contribution >= 0.6 is 0 Å². The van der Waals surface area contributed by atoms with E-state index in [0.717, 1.165) is 18.5 Å². The summed E-state index contributed by atoms with van der Waals surface area (Å²) in [5.74, 6) is 0. The molecule has 0 unspecified atom stereocenters. The molecule has 6 nitrogen and oxygen atoms in total. The fourth-order valence-electron chi connectivity index (χ4n) is 2.74. The van der Waals surface area contributed by atoms with Gasteiger partial charge in [0.1, 0.15) is 0 Å². The van der Waals surface area contributed by atoms with Crippen LogP contribution in [0.25, 0.3) is 0 Å². The van der Waals surface area contributed by atoms with E-state index in [0.29, 0.717) is 6.54 Å². The van der Waals surface area contributed by atoms with Crippen LogP contribution < -0.4 is 0 Å². The minimum Gasteiger partial charge on any atom is -0.395 e. The van der Waals surface area contributed by atoms with Crippen molar-refractivity contribution in [3.63, 3.8) is 0 Å². The standard InChI is InChI=1S/C15H24N2O4S/c1-16(2)22(19,20)15-6-4-5-12(7-15)9-17-10-14(21-3)8-13(17)11-18/h4-7,13-14,18H,8-11H2,1-3H3/t13-,14-/m0/s1. The summed E-state index contributed by atoms with van der Waals surface area (Å²) in [6, 6.07) is 7.01. The highest BCUT2D eigenvalue weighted by molar-refractivity contribution is 7.89. The molecule has 1 aliphatic heterocycles. The Bertz CT molecular complexity index is 603. The molecule has 0 aromatic heterocycles. The molecule has 1 aromatic rings. The maximum atomic E-state index is 12.2. The van der Waals surface area contributed by atoms with E-state index in [1.54, 1.807) is 25.3 Å². The van der Waals surface area contributed by atoms with E-state index in [9.17, 15) is 13.5 Å². The Morgan fingerprint density at radius 2 is 2.14 bits per heavy atom. The van der Waals surface area contributed by atoms with E-state index in [2.05, 4.69) is 4.90 Å². The van der Waals surface area contributed by atoms with Gasteiger partial charge in [0.05, 0.1) is 17.6 Å². The number of aliphatic hydroxyl groups excluding tert-OH is 1. The van der Waals surface area contributed by atoms with E-state index in [-0.39, 0.29) is 23.6 Å². The summed E-state index contributed by atoms with van der Waals surface area (Å²) in [6.45, 7) is 1.42. The van der Waals surface area contributed by atoms with Crippen molar-refractivity contribution < 1.29 is 18.3 Å². The second kappa shape index (κ2) is 7.06. The number of rotatable bonds is 6. The average Bonchev–Trinajstić information content (AvgIpc) is 2.89. The molecule has 1 heterocycles. The quantitative estimate of drug-likeness (QED) is 0.824. The Morgan fingerprint density at radius 3 is 2.73 bits per heavy atom. The highest BCUT2D eigenvalue weighted by Crippen LogP contribution is 2.23. The fraction of sp³-hybridized carbons (Fsp3) is 0.600. The summed E-state index contributed by atoms with van der Waals surface area (Å²) < 4.78 is 31.0. The number of hydrogen-bond acceptors (Lipinski definition) is 5. The van der Waals surface area contributed by atoms with Gasteiger partial charge in [-0.2, -0.15) is 0 Å². The molecule has 0 bridgehead atoms. The number of hydrogen-bond donors (Lipinski definition) is 1. The summed E-state index contributed by atoms with van der Waals surface area (Å²) in [7, 11) is 1.29. The molecule has 1 aliphatic rings. The van der Waals surface area contributed by atoms with Gasteiger partial charge in [-0.3, -0.25) is 4.90 Å². The van der Waals surface area contributed by atoms with Gasteiger partial charge in [-0.15, -0.1) is 0 Å². The van der Waals surface area contributed by atoms with Crippen LogP contribution in [0.4, 0.5) is 0 Å². The number of sulfonamides is 1. The lowest BCUT2D eigenvalue weighted by Gasteiger charge is -2.22. The lowest BCUT2D eigenvalue weighted by Crippen LogP contribution is -2.32. The second-order valence-electron chi connectivity index (χ2n) is 5.79. The van der Waals surface area contributed by atoms with Crippen LogP contribution in [0.15, 0.2) is 29.2 Å². The van der Waals surface area contributed by atoms with Crippen LogP contribution in [0.1, 0.15) is 12.0 Å². The lowest BCUT2D eigenvalue weighted by molar-refractivity contribution is 0.107. The molecule has 124 valence electrons. The predicted octanol–water partition coefficient (Wildman–Crippen LogP) is 0.518. The van der Waals surface area contributed by atoms with Crippen molar-refractivity contribution in [3.8, 4) is 0 Å². The number of nitrogens with zero attached hydrogens (tertiary/aromatic N) is 2. The second-order valence-corrected chi connectivity index (χ2v) is 7.95. The summed E-state index contributed by atoms with van der Waals surface area (Å²) in [5.41, 5.74) is 0.915. The Hall–Kier alpha value is -0.990. The smallest absolute Gasteiger partial charge is 0.242 e. The first kappa shape index (κ1) is 17.4. The van der Waals surface area contributed by atoms with Crippen LogP contribution in [-0.4, -0.2) is 69.2 Å². The average molecular weight is 328 g/mol. The molecule has 1 fully saturated rings. The zero-order valence-electron chi connectivity index (χ0n) is 13.3. The molecule has 22 heavy (non-hydrogen) atoms. The first-order chi connectivity index (χ1) is 10.4. The molecule has 2 rings (SSSR count). The SMILES string of the molecule is CO[C@H]1C[C@@H](CO)N(Cc2cccc(S(=O)(=O)N(C)C)c2)C1. The molecule has 1 N–H and O–H groups in total. The van der Waals surface area contributed by atoms with Gasteiger partial charge in [0.2, 0.25) is 10.0 Å². The normalized spacial score (nSPS) is 23.3. The van der Waals surface area contributed by atoms with E-state index < -0.39 is 10.0 Å². The first-order valence-electron chi connectivity index (χ1n) is 7.27. The molecule has 1 saturated heterocycles. The first-order valence-corrected chi connectivity index (χ1v) is 8.71. The number of likely N-dealkylation sites (tertiary alicyclic amines) is 1. The van der Waals surface area contributed by atoms with Crippen molar-refractivity contribution >= 4 is 10.0 Å². The Labute approximate surface area is 132 Å². The van der Waals surface area contributed by atoms with Crippen molar-refractivity contribution in [2.75, 3.05) is 34.4 Å². The lowest BCUT2D eigenvalue weighted by atomic mass is 10.2. The van der Waals surface area contributed by atoms with Crippen molar-refractivity contribution in [2.45, 2.75) is 30.0 Å². The molecule has 7 heteroatoms. The van der Waals surface area contributed by atoms with Gasteiger partial charge in [-0.05, 0) is 24.1 Å². The van der Waals surface area contributed by atoms with Crippen molar-refractivity contribution in [3.05, 3.63) is 29.8 Å². The predicted molar refractivity (Wildman–Crippen MR) is 84.0 cm³/mol. The van der Waals surface area contributed by atoms with Crippen molar-refractivity contribution in [2.24, 2.45) is 0 Å². The molecule has 0 radical (unpaired) electrons. The van der Waals surface area contributed by atoms with Crippen molar-refractivity contribution in [1.82, 2.24) is 9.21 Å². The van der Waals surface area contributed by atoms with Gasteiger partial charge >= 0.3 is 0 Å². The molecular weight excluding hydrogens is 304 g/mol.